The minimum atomic E-state index is -2.81. The first kappa shape index (κ1) is 13.4. The van der Waals surface area contributed by atoms with E-state index in [1.807, 2.05) is 0 Å². The van der Waals surface area contributed by atoms with Crippen molar-refractivity contribution >= 4 is 0 Å². The molecule has 0 bridgehead atoms. The van der Waals surface area contributed by atoms with E-state index in [0.717, 1.165) is 19.4 Å². The maximum Gasteiger partial charge on any atom is 0.285 e. The second-order valence-corrected chi connectivity index (χ2v) is 4.78. The number of hydrogen-bond donors (Lipinski definition) is 1. The Kier molecular flexibility index (Phi) is 4.66. The van der Waals surface area contributed by atoms with Crippen LogP contribution in [-0.4, -0.2) is 26.3 Å². The van der Waals surface area contributed by atoms with Gasteiger partial charge in [0.25, 0.3) is 5.92 Å². The molecule has 2 nitrogen and oxygen atoms in total. The Morgan fingerprint density at radius 1 is 1.28 bits per heavy atom. The Morgan fingerprint density at radius 2 is 2.06 bits per heavy atom. The summed E-state index contributed by atoms with van der Waals surface area (Å²) >= 11 is 0. The minimum Gasteiger partial charge on any atom is -0.381 e. The predicted molar refractivity (Wildman–Crippen MR) is 66.7 cm³/mol. The second-order valence-electron chi connectivity index (χ2n) is 4.78. The normalized spacial score (nSPS) is 20.9. The molecule has 1 unspecified atom stereocenters. The number of nitrogens with one attached hydrogen (secondary N) is 1. The Bertz CT molecular complexity index is 350. The van der Waals surface area contributed by atoms with Crippen LogP contribution in [0.5, 0.6) is 0 Å². The van der Waals surface area contributed by atoms with Gasteiger partial charge in [0.05, 0.1) is 13.2 Å². The first-order valence-electron chi connectivity index (χ1n) is 6.40. The van der Waals surface area contributed by atoms with E-state index in [1.165, 1.54) is 12.1 Å². The number of rotatable bonds is 5. The molecule has 0 amide bonds. The molecule has 0 aromatic heterocycles. The first-order valence-corrected chi connectivity index (χ1v) is 6.40. The van der Waals surface area contributed by atoms with Crippen LogP contribution in [0, 0.1) is 5.92 Å². The van der Waals surface area contributed by atoms with Crippen molar-refractivity contribution in [2.75, 3.05) is 26.3 Å². The lowest BCUT2D eigenvalue weighted by molar-refractivity contribution is -0.00710. The largest absolute Gasteiger partial charge is 0.381 e. The number of alkyl halides is 2. The van der Waals surface area contributed by atoms with Gasteiger partial charge in [-0.05, 0) is 18.8 Å². The molecule has 2 rings (SSSR count). The molecule has 100 valence electrons. The highest BCUT2D eigenvalue weighted by atomic mass is 19.3. The third-order valence-corrected chi connectivity index (χ3v) is 3.23. The summed E-state index contributed by atoms with van der Waals surface area (Å²) in [5.41, 5.74) is 0.0670. The van der Waals surface area contributed by atoms with Crippen molar-refractivity contribution in [2.45, 2.75) is 18.8 Å². The van der Waals surface area contributed by atoms with Gasteiger partial charge in [-0.1, -0.05) is 30.3 Å². The topological polar surface area (TPSA) is 21.3 Å². The van der Waals surface area contributed by atoms with Crippen LogP contribution in [0.3, 0.4) is 0 Å². The highest BCUT2D eigenvalue weighted by Gasteiger charge is 2.30. The lowest BCUT2D eigenvalue weighted by atomic mass is 10.0. The molecule has 1 N–H and O–H groups in total. The lowest BCUT2D eigenvalue weighted by Gasteiger charge is -2.24. The van der Waals surface area contributed by atoms with Gasteiger partial charge in [-0.25, -0.2) is 0 Å². The molecule has 1 aromatic rings. The smallest absolute Gasteiger partial charge is 0.285 e. The van der Waals surface area contributed by atoms with E-state index in [4.69, 9.17) is 4.74 Å². The van der Waals surface area contributed by atoms with Gasteiger partial charge < -0.3 is 10.1 Å². The standard InChI is InChI=1S/C14H19F2NO/c15-14(16,13-6-2-1-3-7-13)11-17-9-12-5-4-8-18-10-12/h1-3,6-7,12,17H,4-5,8-11H2. The summed E-state index contributed by atoms with van der Waals surface area (Å²) in [4.78, 5) is 0. The zero-order valence-corrected chi connectivity index (χ0v) is 10.4. The Balaban J connectivity index is 1.78. The van der Waals surface area contributed by atoms with Gasteiger partial charge in [0.1, 0.15) is 0 Å². The Morgan fingerprint density at radius 3 is 2.72 bits per heavy atom. The molecule has 0 spiro atoms. The molecule has 1 aliphatic heterocycles. The third kappa shape index (κ3) is 3.75. The zero-order chi connectivity index (χ0) is 12.8. The van der Waals surface area contributed by atoms with Crippen LogP contribution in [0.15, 0.2) is 30.3 Å². The van der Waals surface area contributed by atoms with E-state index in [2.05, 4.69) is 5.32 Å². The first-order chi connectivity index (χ1) is 8.68. The molecule has 1 aromatic carbocycles. The molecule has 1 atom stereocenters. The van der Waals surface area contributed by atoms with Gasteiger partial charge in [0.2, 0.25) is 0 Å². The molecule has 1 saturated heterocycles. The fraction of sp³-hybridized carbons (Fsp3) is 0.571. The van der Waals surface area contributed by atoms with E-state index < -0.39 is 5.92 Å². The van der Waals surface area contributed by atoms with Crippen LogP contribution < -0.4 is 5.32 Å². The number of hydrogen-bond acceptors (Lipinski definition) is 2. The Labute approximate surface area is 106 Å². The molecule has 4 heteroatoms. The number of halogens is 2. The molecule has 0 saturated carbocycles. The van der Waals surface area contributed by atoms with E-state index in [1.54, 1.807) is 18.2 Å². The van der Waals surface area contributed by atoms with Crippen LogP contribution in [0.2, 0.25) is 0 Å². The van der Waals surface area contributed by atoms with Crippen LogP contribution in [0.1, 0.15) is 18.4 Å². The van der Waals surface area contributed by atoms with Crippen LogP contribution >= 0.6 is 0 Å². The monoisotopic (exact) mass is 255 g/mol. The second kappa shape index (κ2) is 6.25. The van der Waals surface area contributed by atoms with Crippen molar-refractivity contribution in [1.29, 1.82) is 0 Å². The highest BCUT2D eigenvalue weighted by Crippen LogP contribution is 2.26. The lowest BCUT2D eigenvalue weighted by Crippen LogP contribution is -2.36. The van der Waals surface area contributed by atoms with Gasteiger partial charge in [-0.3, -0.25) is 0 Å². The highest BCUT2D eigenvalue weighted by molar-refractivity contribution is 5.20. The van der Waals surface area contributed by atoms with Gasteiger partial charge in [0, 0.05) is 18.7 Å². The molecule has 18 heavy (non-hydrogen) atoms. The van der Waals surface area contributed by atoms with Crippen molar-refractivity contribution in [3.8, 4) is 0 Å². The van der Waals surface area contributed by atoms with Gasteiger partial charge in [-0.15, -0.1) is 0 Å². The summed E-state index contributed by atoms with van der Waals surface area (Å²) in [5.74, 6) is -2.44. The fourth-order valence-corrected chi connectivity index (χ4v) is 2.19. The Hall–Kier alpha value is -1.00. The van der Waals surface area contributed by atoms with Crippen LogP contribution in [0.25, 0.3) is 0 Å². The molecule has 1 aliphatic rings. The molecular weight excluding hydrogens is 236 g/mol. The summed E-state index contributed by atoms with van der Waals surface area (Å²) in [5, 5.41) is 2.86. The van der Waals surface area contributed by atoms with E-state index >= 15 is 0 Å². The van der Waals surface area contributed by atoms with Gasteiger partial charge in [0.15, 0.2) is 0 Å². The molecule has 1 heterocycles. The molecular formula is C14H19F2NO. The maximum absolute atomic E-state index is 13.8. The van der Waals surface area contributed by atoms with Gasteiger partial charge in [-0.2, -0.15) is 8.78 Å². The maximum atomic E-state index is 13.8. The zero-order valence-electron chi connectivity index (χ0n) is 10.4. The van der Waals surface area contributed by atoms with E-state index in [0.29, 0.717) is 19.1 Å². The molecule has 0 radical (unpaired) electrons. The number of ether oxygens (including phenoxy) is 1. The third-order valence-electron chi connectivity index (χ3n) is 3.23. The summed E-state index contributed by atoms with van der Waals surface area (Å²) in [6.07, 6.45) is 2.09. The van der Waals surface area contributed by atoms with E-state index in [-0.39, 0.29) is 12.1 Å². The average molecular weight is 255 g/mol. The molecule has 0 aliphatic carbocycles. The fourth-order valence-electron chi connectivity index (χ4n) is 2.19. The number of benzene rings is 1. The molecule has 1 fully saturated rings. The van der Waals surface area contributed by atoms with Crippen molar-refractivity contribution in [3.63, 3.8) is 0 Å². The van der Waals surface area contributed by atoms with E-state index in [9.17, 15) is 8.78 Å². The van der Waals surface area contributed by atoms with Gasteiger partial charge >= 0.3 is 0 Å². The quantitative estimate of drug-likeness (QED) is 0.873. The van der Waals surface area contributed by atoms with Crippen molar-refractivity contribution in [2.24, 2.45) is 5.92 Å². The van der Waals surface area contributed by atoms with Crippen molar-refractivity contribution < 1.29 is 13.5 Å². The van der Waals surface area contributed by atoms with Crippen LogP contribution in [0.4, 0.5) is 8.78 Å². The summed E-state index contributed by atoms with van der Waals surface area (Å²) < 4.78 is 33.0. The SMILES string of the molecule is FC(F)(CNCC1CCCOC1)c1ccccc1. The summed E-state index contributed by atoms with van der Waals surface area (Å²) in [7, 11) is 0. The summed E-state index contributed by atoms with van der Waals surface area (Å²) in [6.45, 7) is 1.77. The van der Waals surface area contributed by atoms with Crippen LogP contribution in [-0.2, 0) is 10.7 Å². The van der Waals surface area contributed by atoms with Crippen molar-refractivity contribution in [1.82, 2.24) is 5.32 Å². The predicted octanol–water partition coefficient (Wildman–Crippen LogP) is 2.79. The minimum absolute atomic E-state index is 0.0670. The average Bonchev–Trinajstić information content (AvgIpc) is 2.41. The summed E-state index contributed by atoms with van der Waals surface area (Å²) in [6, 6.07) is 7.94. The van der Waals surface area contributed by atoms with Crippen molar-refractivity contribution in [3.05, 3.63) is 35.9 Å².